The Morgan fingerprint density at radius 3 is 3.10 bits per heavy atom. The fourth-order valence-corrected chi connectivity index (χ4v) is 3.47. The number of ether oxygens (including phenoxy) is 1. The molecular formula is C14H21N3O3. The Morgan fingerprint density at radius 2 is 2.35 bits per heavy atom. The molecule has 0 bridgehead atoms. The molecule has 2 aliphatic rings. The summed E-state index contributed by atoms with van der Waals surface area (Å²) >= 11 is 0. The summed E-state index contributed by atoms with van der Waals surface area (Å²) in [6.45, 7) is 2.06. The van der Waals surface area contributed by atoms with Crippen molar-refractivity contribution in [3.05, 3.63) is 18.7 Å². The van der Waals surface area contributed by atoms with Crippen LogP contribution in [0.3, 0.4) is 0 Å². The fourth-order valence-electron chi connectivity index (χ4n) is 3.47. The predicted octanol–water partition coefficient (Wildman–Crippen LogP) is 0.271. The number of amides is 1. The minimum atomic E-state index is -0.0773. The maximum Gasteiger partial charge on any atom is 0.225 e. The van der Waals surface area contributed by atoms with E-state index in [4.69, 9.17) is 9.84 Å². The lowest BCUT2D eigenvalue weighted by atomic mass is 10.0. The summed E-state index contributed by atoms with van der Waals surface area (Å²) in [5.41, 5.74) is 0. The molecule has 1 aliphatic heterocycles. The van der Waals surface area contributed by atoms with Crippen molar-refractivity contribution < 1.29 is 14.6 Å². The number of carbonyl (C=O) groups excluding carboxylic acids is 1. The Morgan fingerprint density at radius 1 is 1.45 bits per heavy atom. The van der Waals surface area contributed by atoms with Crippen LogP contribution in [0.2, 0.25) is 0 Å². The number of rotatable bonds is 4. The van der Waals surface area contributed by atoms with E-state index in [0.717, 1.165) is 19.4 Å². The van der Waals surface area contributed by atoms with Crippen LogP contribution in [0.15, 0.2) is 18.7 Å². The van der Waals surface area contributed by atoms with Crippen molar-refractivity contribution in [1.29, 1.82) is 0 Å². The van der Waals surface area contributed by atoms with E-state index in [9.17, 15) is 4.79 Å². The second kappa shape index (κ2) is 5.93. The molecule has 2 fully saturated rings. The minimum absolute atomic E-state index is 0.0501. The number of aliphatic hydroxyl groups excluding tert-OH is 1. The minimum Gasteiger partial charge on any atom is -0.396 e. The Kier molecular flexibility index (Phi) is 4.03. The van der Waals surface area contributed by atoms with Crippen LogP contribution < -0.4 is 0 Å². The molecule has 6 heteroatoms. The number of imidazole rings is 1. The summed E-state index contributed by atoms with van der Waals surface area (Å²) in [5.74, 6) is 0.480. The highest BCUT2D eigenvalue weighted by molar-refractivity contribution is 5.76. The number of morpholine rings is 1. The van der Waals surface area contributed by atoms with Crippen LogP contribution in [0.25, 0.3) is 0 Å². The van der Waals surface area contributed by atoms with Crippen LogP contribution in [0.4, 0.5) is 0 Å². The van der Waals surface area contributed by atoms with Gasteiger partial charge in [-0.25, -0.2) is 4.98 Å². The Labute approximate surface area is 118 Å². The summed E-state index contributed by atoms with van der Waals surface area (Å²) in [4.78, 5) is 18.0. The van der Waals surface area contributed by atoms with Gasteiger partial charge in [0, 0.05) is 37.8 Å². The van der Waals surface area contributed by atoms with Gasteiger partial charge in [0.2, 0.25) is 5.91 Å². The van der Waals surface area contributed by atoms with Crippen LogP contribution in [0, 0.1) is 5.92 Å². The standard InChI is InChI=1S/C14H21N3O3/c18-7-3-13(19)17-6-8-20-14-11(1-2-12(14)17)9-16-5-4-15-10-16/h4-5,10-12,14,18H,1-3,6-9H2. The maximum absolute atomic E-state index is 12.1. The lowest BCUT2D eigenvalue weighted by Crippen LogP contribution is -2.53. The number of hydrogen-bond acceptors (Lipinski definition) is 4. The van der Waals surface area contributed by atoms with Gasteiger partial charge in [0.1, 0.15) is 0 Å². The van der Waals surface area contributed by atoms with Gasteiger partial charge in [-0.05, 0) is 12.8 Å². The molecule has 1 saturated heterocycles. The molecule has 2 heterocycles. The van der Waals surface area contributed by atoms with Crippen LogP contribution in [-0.4, -0.2) is 57.4 Å². The zero-order valence-electron chi connectivity index (χ0n) is 11.5. The van der Waals surface area contributed by atoms with Gasteiger partial charge in [0.25, 0.3) is 0 Å². The van der Waals surface area contributed by atoms with Gasteiger partial charge in [-0.3, -0.25) is 4.79 Å². The van der Waals surface area contributed by atoms with Crippen molar-refractivity contribution in [3.63, 3.8) is 0 Å². The van der Waals surface area contributed by atoms with Gasteiger partial charge < -0.3 is 19.3 Å². The van der Waals surface area contributed by atoms with Gasteiger partial charge in [0.15, 0.2) is 0 Å². The van der Waals surface area contributed by atoms with Gasteiger partial charge in [-0.15, -0.1) is 0 Å². The molecule has 0 spiro atoms. The SMILES string of the molecule is O=C(CCO)N1CCOC2C(Cn3ccnc3)CCC21. The Balaban J connectivity index is 1.67. The number of aromatic nitrogens is 2. The normalized spacial score (nSPS) is 29.4. The fraction of sp³-hybridized carbons (Fsp3) is 0.714. The highest BCUT2D eigenvalue weighted by Crippen LogP contribution is 2.35. The molecular weight excluding hydrogens is 258 g/mol. The first-order chi connectivity index (χ1) is 9.79. The lowest BCUT2D eigenvalue weighted by Gasteiger charge is -2.39. The van der Waals surface area contributed by atoms with Crippen LogP contribution >= 0.6 is 0 Å². The van der Waals surface area contributed by atoms with E-state index in [1.807, 2.05) is 17.4 Å². The molecule has 1 saturated carbocycles. The molecule has 0 aromatic carbocycles. The molecule has 6 nitrogen and oxygen atoms in total. The first-order valence-electron chi connectivity index (χ1n) is 7.27. The monoisotopic (exact) mass is 279 g/mol. The second-order valence-electron chi connectivity index (χ2n) is 5.56. The summed E-state index contributed by atoms with van der Waals surface area (Å²) in [6, 6.07) is 0.177. The molecule has 3 rings (SSSR count). The lowest BCUT2D eigenvalue weighted by molar-refractivity contribution is -0.146. The smallest absolute Gasteiger partial charge is 0.225 e. The van der Waals surface area contributed by atoms with Crippen molar-refractivity contribution in [2.24, 2.45) is 5.92 Å². The largest absolute Gasteiger partial charge is 0.396 e. The van der Waals surface area contributed by atoms with Crippen molar-refractivity contribution >= 4 is 5.91 Å². The van der Waals surface area contributed by atoms with Crippen LogP contribution in [-0.2, 0) is 16.1 Å². The molecule has 3 atom stereocenters. The van der Waals surface area contributed by atoms with E-state index in [0.29, 0.717) is 19.1 Å². The molecule has 1 aromatic heterocycles. The number of hydrogen-bond donors (Lipinski definition) is 1. The number of nitrogens with zero attached hydrogens (tertiary/aromatic N) is 3. The van der Waals surface area contributed by atoms with Crippen molar-refractivity contribution in [1.82, 2.24) is 14.5 Å². The number of fused-ring (bicyclic) bond motifs is 1. The van der Waals surface area contributed by atoms with Crippen molar-refractivity contribution in [2.75, 3.05) is 19.8 Å². The van der Waals surface area contributed by atoms with E-state index in [1.165, 1.54) is 0 Å². The number of carbonyl (C=O) groups is 1. The highest BCUT2D eigenvalue weighted by atomic mass is 16.5. The molecule has 1 amide bonds. The molecule has 1 N–H and O–H groups in total. The first kappa shape index (κ1) is 13.6. The van der Waals surface area contributed by atoms with E-state index >= 15 is 0 Å². The van der Waals surface area contributed by atoms with E-state index in [1.54, 1.807) is 6.20 Å². The van der Waals surface area contributed by atoms with Crippen molar-refractivity contribution in [3.8, 4) is 0 Å². The Bertz CT molecular complexity index is 449. The molecule has 110 valence electrons. The quantitative estimate of drug-likeness (QED) is 0.859. The summed E-state index contributed by atoms with van der Waals surface area (Å²) in [5, 5.41) is 8.94. The van der Waals surface area contributed by atoms with Gasteiger partial charge >= 0.3 is 0 Å². The summed E-state index contributed by atoms with van der Waals surface area (Å²) in [6.07, 6.45) is 7.96. The Hall–Kier alpha value is -1.40. The average molecular weight is 279 g/mol. The molecule has 1 aliphatic carbocycles. The number of aliphatic hydroxyl groups is 1. The van der Waals surface area contributed by atoms with Gasteiger partial charge in [0.05, 0.1) is 31.7 Å². The molecule has 1 aromatic rings. The third-order valence-corrected chi connectivity index (χ3v) is 4.37. The topological polar surface area (TPSA) is 67.6 Å². The van der Waals surface area contributed by atoms with E-state index < -0.39 is 0 Å². The van der Waals surface area contributed by atoms with E-state index in [-0.39, 0.29) is 31.1 Å². The predicted molar refractivity (Wildman–Crippen MR) is 71.9 cm³/mol. The van der Waals surface area contributed by atoms with Crippen molar-refractivity contribution in [2.45, 2.75) is 38.0 Å². The summed E-state index contributed by atoms with van der Waals surface area (Å²) in [7, 11) is 0. The van der Waals surface area contributed by atoms with E-state index in [2.05, 4.69) is 9.55 Å². The third-order valence-electron chi connectivity index (χ3n) is 4.37. The third kappa shape index (κ3) is 2.58. The van der Waals surface area contributed by atoms with Crippen LogP contribution in [0.1, 0.15) is 19.3 Å². The molecule has 3 unspecified atom stereocenters. The average Bonchev–Trinajstić information content (AvgIpc) is 3.09. The summed E-state index contributed by atoms with van der Waals surface area (Å²) < 4.78 is 8.01. The molecule has 0 radical (unpaired) electrons. The van der Waals surface area contributed by atoms with Crippen LogP contribution in [0.5, 0.6) is 0 Å². The maximum atomic E-state index is 12.1. The highest BCUT2D eigenvalue weighted by Gasteiger charge is 2.43. The zero-order chi connectivity index (χ0) is 13.9. The zero-order valence-corrected chi connectivity index (χ0v) is 11.5. The second-order valence-corrected chi connectivity index (χ2v) is 5.56. The molecule has 20 heavy (non-hydrogen) atoms. The van der Waals surface area contributed by atoms with Gasteiger partial charge in [-0.1, -0.05) is 0 Å². The first-order valence-corrected chi connectivity index (χ1v) is 7.27. The van der Waals surface area contributed by atoms with Gasteiger partial charge in [-0.2, -0.15) is 0 Å².